The predicted molar refractivity (Wildman–Crippen MR) is 68.0 cm³/mol. The molecule has 0 unspecified atom stereocenters. The molecule has 4 nitrogen and oxygen atoms in total. The first kappa shape index (κ1) is 11.6. The van der Waals surface area contributed by atoms with Gasteiger partial charge in [-0.2, -0.15) is 0 Å². The van der Waals surface area contributed by atoms with Gasteiger partial charge in [0.2, 0.25) is 0 Å². The van der Waals surface area contributed by atoms with Crippen molar-refractivity contribution in [3.8, 4) is 0 Å². The number of imidazole rings is 1. The van der Waals surface area contributed by atoms with Crippen molar-refractivity contribution >= 4 is 16.9 Å². The zero-order chi connectivity index (χ0) is 12.3. The van der Waals surface area contributed by atoms with Crippen molar-refractivity contribution in [3.05, 3.63) is 30.1 Å². The molecule has 2 rings (SSSR count). The van der Waals surface area contributed by atoms with Crippen LogP contribution in [0.25, 0.3) is 11.0 Å². The Kier molecular flexibility index (Phi) is 3.42. The normalized spacial score (nSPS) is 10.7. The number of aromatic amines is 1. The average molecular weight is 231 g/mol. The van der Waals surface area contributed by atoms with Crippen LogP contribution in [0.15, 0.2) is 24.5 Å². The number of hydrogen-bond acceptors (Lipinski definition) is 2. The fourth-order valence-corrected chi connectivity index (χ4v) is 1.92. The first-order valence-electron chi connectivity index (χ1n) is 5.98. The zero-order valence-electron chi connectivity index (χ0n) is 10.2. The molecule has 1 amide bonds. The summed E-state index contributed by atoms with van der Waals surface area (Å²) in [5.41, 5.74) is 2.51. The maximum absolute atomic E-state index is 12.2. The van der Waals surface area contributed by atoms with Gasteiger partial charge in [0.15, 0.2) is 0 Å². The lowest BCUT2D eigenvalue weighted by Crippen LogP contribution is -2.31. The van der Waals surface area contributed by atoms with Crippen molar-refractivity contribution in [3.63, 3.8) is 0 Å². The third-order valence-electron chi connectivity index (χ3n) is 2.83. The summed E-state index contributed by atoms with van der Waals surface area (Å²) in [4.78, 5) is 21.2. The summed E-state index contributed by atoms with van der Waals surface area (Å²) < 4.78 is 0. The lowest BCUT2D eigenvalue weighted by atomic mass is 10.1. The summed E-state index contributed by atoms with van der Waals surface area (Å²) >= 11 is 0. The van der Waals surface area contributed by atoms with Crippen molar-refractivity contribution in [1.82, 2.24) is 14.9 Å². The highest BCUT2D eigenvalue weighted by Gasteiger charge is 2.13. The summed E-state index contributed by atoms with van der Waals surface area (Å²) in [5, 5.41) is 0. The summed E-state index contributed by atoms with van der Waals surface area (Å²) in [5.74, 6) is 0.0888. The van der Waals surface area contributed by atoms with Crippen LogP contribution in [-0.4, -0.2) is 33.9 Å². The molecule has 0 atom stereocenters. The minimum atomic E-state index is 0.0888. The van der Waals surface area contributed by atoms with Crippen LogP contribution >= 0.6 is 0 Å². The second kappa shape index (κ2) is 4.99. The van der Waals surface area contributed by atoms with E-state index in [4.69, 9.17) is 0 Å². The quantitative estimate of drug-likeness (QED) is 0.878. The number of rotatable bonds is 4. The second-order valence-electron chi connectivity index (χ2n) is 4.02. The molecule has 1 aromatic carbocycles. The van der Waals surface area contributed by atoms with E-state index in [1.807, 2.05) is 30.0 Å². The van der Waals surface area contributed by atoms with Crippen molar-refractivity contribution in [2.24, 2.45) is 0 Å². The molecule has 0 aliphatic carbocycles. The lowest BCUT2D eigenvalue weighted by Gasteiger charge is -2.19. The molecule has 17 heavy (non-hydrogen) atoms. The summed E-state index contributed by atoms with van der Waals surface area (Å²) in [6, 6.07) is 5.58. The van der Waals surface area contributed by atoms with E-state index in [0.29, 0.717) is 0 Å². The van der Waals surface area contributed by atoms with Crippen LogP contribution in [0.2, 0.25) is 0 Å². The highest BCUT2D eigenvalue weighted by molar-refractivity contribution is 5.97. The third kappa shape index (κ3) is 2.30. The van der Waals surface area contributed by atoms with Gasteiger partial charge in [-0.25, -0.2) is 4.98 Å². The summed E-state index contributed by atoms with van der Waals surface area (Å²) in [6.45, 7) is 5.63. The van der Waals surface area contributed by atoms with Crippen molar-refractivity contribution < 1.29 is 4.79 Å². The number of carbonyl (C=O) groups is 1. The van der Waals surface area contributed by atoms with Gasteiger partial charge in [-0.05, 0) is 31.5 Å². The minimum absolute atomic E-state index is 0.0888. The molecule has 90 valence electrons. The van der Waals surface area contributed by atoms with Crippen molar-refractivity contribution in [1.29, 1.82) is 0 Å². The van der Waals surface area contributed by atoms with Gasteiger partial charge in [0.05, 0.1) is 17.4 Å². The highest BCUT2D eigenvalue weighted by Crippen LogP contribution is 2.13. The Balaban J connectivity index is 2.28. The van der Waals surface area contributed by atoms with Gasteiger partial charge in [-0.1, -0.05) is 6.92 Å². The number of carbonyl (C=O) groups excluding carboxylic acids is 1. The number of H-pyrrole nitrogens is 1. The standard InChI is InChI=1S/C13H17N3O/c1-3-7-16(4-2)13(17)10-5-6-11-12(8-10)15-9-14-11/h5-6,8-9H,3-4,7H2,1-2H3,(H,14,15). The molecule has 0 spiro atoms. The maximum atomic E-state index is 12.2. The largest absolute Gasteiger partial charge is 0.345 e. The Hall–Kier alpha value is -1.84. The zero-order valence-corrected chi connectivity index (χ0v) is 10.2. The number of aromatic nitrogens is 2. The molecule has 0 saturated carbocycles. The van der Waals surface area contributed by atoms with Gasteiger partial charge in [-0.3, -0.25) is 4.79 Å². The molecule has 0 saturated heterocycles. The van der Waals surface area contributed by atoms with Gasteiger partial charge in [-0.15, -0.1) is 0 Å². The molecule has 1 aromatic heterocycles. The van der Waals surface area contributed by atoms with Crippen LogP contribution in [-0.2, 0) is 0 Å². The fourth-order valence-electron chi connectivity index (χ4n) is 1.92. The van der Waals surface area contributed by atoms with E-state index in [0.717, 1.165) is 36.1 Å². The van der Waals surface area contributed by atoms with Gasteiger partial charge >= 0.3 is 0 Å². The maximum Gasteiger partial charge on any atom is 0.253 e. The van der Waals surface area contributed by atoms with E-state index in [-0.39, 0.29) is 5.91 Å². The monoisotopic (exact) mass is 231 g/mol. The van der Waals surface area contributed by atoms with Gasteiger partial charge in [0, 0.05) is 18.7 Å². The van der Waals surface area contributed by atoms with Crippen LogP contribution < -0.4 is 0 Å². The van der Waals surface area contributed by atoms with Gasteiger partial charge in [0.25, 0.3) is 5.91 Å². The van der Waals surface area contributed by atoms with Gasteiger partial charge < -0.3 is 9.88 Å². The molecule has 4 heteroatoms. The smallest absolute Gasteiger partial charge is 0.253 e. The van der Waals surface area contributed by atoms with E-state index < -0.39 is 0 Å². The first-order valence-corrected chi connectivity index (χ1v) is 5.98. The van der Waals surface area contributed by atoms with Crippen LogP contribution in [0, 0.1) is 0 Å². The number of fused-ring (bicyclic) bond motifs is 1. The van der Waals surface area contributed by atoms with Crippen molar-refractivity contribution in [2.75, 3.05) is 13.1 Å². The van der Waals surface area contributed by atoms with Crippen LogP contribution in [0.3, 0.4) is 0 Å². The fraction of sp³-hybridized carbons (Fsp3) is 0.385. The van der Waals surface area contributed by atoms with E-state index in [1.165, 1.54) is 0 Å². The molecule has 0 aliphatic heterocycles. The Morgan fingerprint density at radius 3 is 2.94 bits per heavy atom. The molecular formula is C13H17N3O. The number of nitrogens with zero attached hydrogens (tertiary/aromatic N) is 2. The first-order chi connectivity index (χ1) is 8.26. The van der Waals surface area contributed by atoms with Crippen molar-refractivity contribution in [2.45, 2.75) is 20.3 Å². The number of nitrogens with one attached hydrogen (secondary N) is 1. The Bertz CT molecular complexity index is 518. The van der Waals surface area contributed by atoms with E-state index in [1.54, 1.807) is 6.33 Å². The van der Waals surface area contributed by atoms with Gasteiger partial charge in [0.1, 0.15) is 0 Å². The second-order valence-corrected chi connectivity index (χ2v) is 4.02. The number of hydrogen-bond donors (Lipinski definition) is 1. The molecule has 2 aromatic rings. The third-order valence-corrected chi connectivity index (χ3v) is 2.83. The average Bonchev–Trinajstić information content (AvgIpc) is 2.82. The molecule has 0 aliphatic rings. The Morgan fingerprint density at radius 2 is 2.24 bits per heavy atom. The molecule has 1 N–H and O–H groups in total. The summed E-state index contributed by atoms with van der Waals surface area (Å²) in [6.07, 6.45) is 2.62. The molecule has 0 bridgehead atoms. The molecule has 1 heterocycles. The number of amides is 1. The van der Waals surface area contributed by atoms with E-state index >= 15 is 0 Å². The van der Waals surface area contributed by atoms with E-state index in [9.17, 15) is 4.79 Å². The SMILES string of the molecule is CCCN(CC)C(=O)c1ccc2nc[nH]c2c1. The predicted octanol–water partition coefficient (Wildman–Crippen LogP) is 2.43. The van der Waals surface area contributed by atoms with Crippen LogP contribution in [0.1, 0.15) is 30.6 Å². The Morgan fingerprint density at radius 1 is 1.41 bits per heavy atom. The summed E-state index contributed by atoms with van der Waals surface area (Å²) in [7, 11) is 0. The molecular weight excluding hydrogens is 214 g/mol. The topological polar surface area (TPSA) is 49.0 Å². The van der Waals surface area contributed by atoms with E-state index in [2.05, 4.69) is 16.9 Å². The number of benzene rings is 1. The minimum Gasteiger partial charge on any atom is -0.345 e. The molecule has 0 fully saturated rings. The highest BCUT2D eigenvalue weighted by atomic mass is 16.2. The molecule has 0 radical (unpaired) electrons. The van der Waals surface area contributed by atoms with Crippen LogP contribution in [0.5, 0.6) is 0 Å². The lowest BCUT2D eigenvalue weighted by molar-refractivity contribution is 0.0764. The Labute approximate surface area is 101 Å². The van der Waals surface area contributed by atoms with Crippen LogP contribution in [0.4, 0.5) is 0 Å².